The summed E-state index contributed by atoms with van der Waals surface area (Å²) in [6.07, 6.45) is -3.12. The molecule has 0 N–H and O–H groups in total. The minimum Gasteiger partial charge on any atom is -0.406 e. The lowest BCUT2D eigenvalue weighted by molar-refractivity contribution is -0.274. The largest absolute Gasteiger partial charge is 0.573 e. The number of rotatable bonds is 2. The number of aromatic nitrogens is 5. The van der Waals surface area contributed by atoms with Gasteiger partial charge in [-0.2, -0.15) is 0 Å². The highest BCUT2D eigenvalue weighted by atomic mass is 19.4. The van der Waals surface area contributed by atoms with Gasteiger partial charge in [-0.3, -0.25) is 9.38 Å². The lowest BCUT2D eigenvalue weighted by Gasteiger charge is -2.11. The highest BCUT2D eigenvalue weighted by Crippen LogP contribution is 2.30. The number of hydrogen-bond acceptors (Lipinski definition) is 5. The van der Waals surface area contributed by atoms with Gasteiger partial charge in [0, 0.05) is 23.5 Å². The molecule has 9 heteroatoms. The lowest BCUT2D eigenvalue weighted by Crippen LogP contribution is -2.17. The number of alkyl halides is 3. The molecule has 132 valence electrons. The number of halogens is 3. The van der Waals surface area contributed by atoms with E-state index < -0.39 is 6.36 Å². The fourth-order valence-electron chi connectivity index (χ4n) is 2.85. The molecule has 1 aromatic carbocycles. The van der Waals surface area contributed by atoms with Crippen molar-refractivity contribution in [1.82, 2.24) is 24.6 Å². The first-order valence-electron chi connectivity index (χ1n) is 7.67. The van der Waals surface area contributed by atoms with E-state index in [0.29, 0.717) is 28.2 Å². The number of fused-ring (bicyclic) bond motifs is 3. The standard InChI is InChI=1S/C17H12F3N5O/c1-9-12(4-3-7-21-9)16-24-23-15-10(2)22-13-6-5-11(26-17(18,19)20)8-14(13)25(15)16/h3-8H,1-2H3. The highest BCUT2D eigenvalue weighted by Gasteiger charge is 2.31. The number of ether oxygens (including phenoxy) is 1. The second kappa shape index (κ2) is 5.65. The molecule has 0 saturated carbocycles. The van der Waals surface area contributed by atoms with Crippen LogP contribution in [-0.4, -0.2) is 30.9 Å². The molecule has 3 heterocycles. The molecule has 0 amide bonds. The molecular formula is C17H12F3N5O. The van der Waals surface area contributed by atoms with Crippen molar-refractivity contribution in [3.05, 3.63) is 47.9 Å². The van der Waals surface area contributed by atoms with Crippen LogP contribution in [0.25, 0.3) is 28.1 Å². The zero-order valence-electron chi connectivity index (χ0n) is 13.7. The summed E-state index contributed by atoms with van der Waals surface area (Å²) in [5.41, 5.74) is 3.45. The third-order valence-electron chi connectivity index (χ3n) is 3.94. The molecule has 0 spiro atoms. The summed E-state index contributed by atoms with van der Waals surface area (Å²) in [6, 6.07) is 7.57. The van der Waals surface area contributed by atoms with Gasteiger partial charge in [-0.05, 0) is 38.1 Å². The molecular weight excluding hydrogens is 347 g/mol. The SMILES string of the molecule is Cc1ncccc1-c1nnc2c(C)nc3ccc(OC(F)(F)F)cc3n12. The highest BCUT2D eigenvalue weighted by molar-refractivity contribution is 5.82. The van der Waals surface area contributed by atoms with Crippen LogP contribution in [0.5, 0.6) is 5.75 Å². The molecule has 3 aromatic heterocycles. The minimum atomic E-state index is -4.78. The summed E-state index contributed by atoms with van der Waals surface area (Å²) < 4.78 is 43.4. The van der Waals surface area contributed by atoms with Crippen LogP contribution in [0.15, 0.2) is 36.5 Å². The van der Waals surface area contributed by atoms with E-state index in [2.05, 4.69) is 24.9 Å². The first-order valence-corrected chi connectivity index (χ1v) is 7.67. The molecule has 0 radical (unpaired) electrons. The Labute approximate surface area is 145 Å². The number of aryl methyl sites for hydroxylation is 2. The quantitative estimate of drug-likeness (QED) is 0.544. The van der Waals surface area contributed by atoms with Gasteiger partial charge in [0.1, 0.15) is 5.75 Å². The molecule has 4 aromatic rings. The van der Waals surface area contributed by atoms with Crippen LogP contribution in [0.1, 0.15) is 11.4 Å². The van der Waals surface area contributed by atoms with Crippen molar-refractivity contribution in [2.45, 2.75) is 20.2 Å². The van der Waals surface area contributed by atoms with E-state index in [1.807, 2.05) is 13.0 Å². The number of hydrogen-bond donors (Lipinski definition) is 0. The molecule has 0 aliphatic rings. The van der Waals surface area contributed by atoms with Crippen molar-refractivity contribution in [3.63, 3.8) is 0 Å². The van der Waals surface area contributed by atoms with Crippen molar-refractivity contribution in [2.75, 3.05) is 0 Å². The van der Waals surface area contributed by atoms with E-state index in [0.717, 1.165) is 11.3 Å². The number of nitrogens with zero attached hydrogens (tertiary/aromatic N) is 5. The Morgan fingerprint density at radius 1 is 1.04 bits per heavy atom. The number of pyridine rings is 1. The van der Waals surface area contributed by atoms with Crippen molar-refractivity contribution >= 4 is 16.7 Å². The molecule has 0 saturated heterocycles. The Morgan fingerprint density at radius 3 is 2.58 bits per heavy atom. The molecule has 0 unspecified atom stereocenters. The first kappa shape index (κ1) is 16.2. The Kier molecular flexibility index (Phi) is 3.53. The first-order chi connectivity index (χ1) is 12.3. The van der Waals surface area contributed by atoms with Crippen LogP contribution >= 0.6 is 0 Å². The van der Waals surface area contributed by atoms with Crippen LogP contribution in [-0.2, 0) is 0 Å². The van der Waals surface area contributed by atoms with Gasteiger partial charge in [0.15, 0.2) is 11.5 Å². The van der Waals surface area contributed by atoms with E-state index >= 15 is 0 Å². The fraction of sp³-hybridized carbons (Fsp3) is 0.176. The summed E-state index contributed by atoms with van der Waals surface area (Å²) in [5, 5.41) is 8.36. The van der Waals surface area contributed by atoms with Gasteiger partial charge in [0.25, 0.3) is 0 Å². The van der Waals surface area contributed by atoms with E-state index in [-0.39, 0.29) is 5.75 Å². The lowest BCUT2D eigenvalue weighted by atomic mass is 10.2. The van der Waals surface area contributed by atoms with E-state index in [4.69, 9.17) is 0 Å². The fourth-order valence-corrected chi connectivity index (χ4v) is 2.85. The smallest absolute Gasteiger partial charge is 0.406 e. The molecule has 0 atom stereocenters. The van der Waals surface area contributed by atoms with Crippen LogP contribution in [0.2, 0.25) is 0 Å². The van der Waals surface area contributed by atoms with Gasteiger partial charge >= 0.3 is 6.36 Å². The molecule has 0 aliphatic carbocycles. The van der Waals surface area contributed by atoms with Crippen LogP contribution < -0.4 is 4.74 Å². The zero-order chi connectivity index (χ0) is 18.5. The molecule has 6 nitrogen and oxygen atoms in total. The Bertz CT molecular complexity index is 1140. The average Bonchev–Trinajstić information content (AvgIpc) is 3.00. The maximum atomic E-state index is 12.6. The van der Waals surface area contributed by atoms with Gasteiger partial charge in [-0.15, -0.1) is 23.4 Å². The van der Waals surface area contributed by atoms with E-state index in [1.54, 1.807) is 23.6 Å². The van der Waals surface area contributed by atoms with Crippen LogP contribution in [0, 0.1) is 13.8 Å². The molecule has 26 heavy (non-hydrogen) atoms. The summed E-state index contributed by atoms with van der Waals surface area (Å²) >= 11 is 0. The minimum absolute atomic E-state index is 0.334. The zero-order valence-corrected chi connectivity index (χ0v) is 13.7. The van der Waals surface area contributed by atoms with Gasteiger partial charge in [-0.1, -0.05) is 0 Å². The summed E-state index contributed by atoms with van der Waals surface area (Å²) in [7, 11) is 0. The van der Waals surface area contributed by atoms with Gasteiger partial charge in [0.05, 0.1) is 16.7 Å². The predicted molar refractivity (Wildman–Crippen MR) is 87.7 cm³/mol. The van der Waals surface area contributed by atoms with Gasteiger partial charge in [-0.25, -0.2) is 4.98 Å². The average molecular weight is 359 g/mol. The summed E-state index contributed by atoms with van der Waals surface area (Å²) in [4.78, 5) is 8.64. The normalized spacial score (nSPS) is 12.0. The second-order valence-corrected chi connectivity index (χ2v) is 5.71. The Hall–Kier alpha value is -3.23. The third kappa shape index (κ3) is 2.71. The van der Waals surface area contributed by atoms with Crippen LogP contribution in [0.3, 0.4) is 0 Å². The van der Waals surface area contributed by atoms with E-state index in [9.17, 15) is 13.2 Å². The molecule has 0 fully saturated rings. The monoisotopic (exact) mass is 359 g/mol. The molecule has 0 aliphatic heterocycles. The number of benzene rings is 1. The third-order valence-corrected chi connectivity index (χ3v) is 3.94. The summed E-state index contributed by atoms with van der Waals surface area (Å²) in [5.74, 6) is 0.143. The van der Waals surface area contributed by atoms with Crippen molar-refractivity contribution in [3.8, 4) is 17.1 Å². The Morgan fingerprint density at radius 2 is 1.85 bits per heavy atom. The summed E-state index contributed by atoms with van der Waals surface area (Å²) in [6.45, 7) is 3.59. The van der Waals surface area contributed by atoms with Gasteiger partial charge in [0.2, 0.25) is 0 Å². The maximum absolute atomic E-state index is 12.6. The second-order valence-electron chi connectivity index (χ2n) is 5.71. The van der Waals surface area contributed by atoms with E-state index in [1.165, 1.54) is 18.2 Å². The van der Waals surface area contributed by atoms with Crippen molar-refractivity contribution in [2.24, 2.45) is 0 Å². The van der Waals surface area contributed by atoms with Gasteiger partial charge < -0.3 is 4.74 Å². The Balaban J connectivity index is 2.04. The topological polar surface area (TPSA) is 65.2 Å². The van der Waals surface area contributed by atoms with Crippen LogP contribution in [0.4, 0.5) is 13.2 Å². The van der Waals surface area contributed by atoms with Crippen molar-refractivity contribution in [1.29, 1.82) is 0 Å². The molecule has 4 rings (SSSR count). The molecule has 0 bridgehead atoms. The maximum Gasteiger partial charge on any atom is 0.573 e. The van der Waals surface area contributed by atoms with Crippen molar-refractivity contribution < 1.29 is 17.9 Å². The predicted octanol–water partition coefficient (Wildman–Crippen LogP) is 3.85.